The molecule has 0 aromatic heterocycles. The Kier molecular flexibility index (Phi) is 7.16. The van der Waals surface area contributed by atoms with Crippen molar-refractivity contribution in [3.05, 3.63) is 34.4 Å². The molecule has 9 heteroatoms. The molecule has 2 aliphatic heterocycles. The first kappa shape index (κ1) is 24.8. The van der Waals surface area contributed by atoms with E-state index in [9.17, 15) is 4.79 Å². The lowest BCUT2D eigenvalue weighted by Crippen LogP contribution is -2.36. The van der Waals surface area contributed by atoms with Crippen molar-refractivity contribution in [2.75, 3.05) is 53.4 Å². The fraction of sp³-hybridized carbons (Fsp3) is 0.500. The number of hydrogen-bond acceptors (Lipinski definition) is 9. The first-order chi connectivity index (χ1) is 16.9. The van der Waals surface area contributed by atoms with Crippen molar-refractivity contribution in [3.63, 3.8) is 0 Å². The van der Waals surface area contributed by atoms with Crippen molar-refractivity contribution in [2.45, 2.75) is 39.3 Å². The third kappa shape index (κ3) is 4.07. The number of fused-ring (bicyclic) bond motifs is 2. The lowest BCUT2D eigenvalue weighted by molar-refractivity contribution is 0.00945. The van der Waals surface area contributed by atoms with Crippen LogP contribution >= 0.6 is 0 Å². The van der Waals surface area contributed by atoms with Gasteiger partial charge in [0.1, 0.15) is 11.7 Å². The number of nitrogens with zero attached hydrogens (tertiary/aromatic N) is 1. The first-order valence-electron chi connectivity index (χ1n) is 11.9. The first-order valence-corrected chi connectivity index (χ1v) is 11.9. The smallest absolute Gasteiger partial charge is 0.343 e. The van der Waals surface area contributed by atoms with Crippen LogP contribution in [0.4, 0.5) is 5.69 Å². The van der Waals surface area contributed by atoms with Crippen LogP contribution in [-0.2, 0) is 11.2 Å². The van der Waals surface area contributed by atoms with Crippen molar-refractivity contribution >= 4 is 11.7 Å². The SMILES string of the molecule is CCOc1c(N)c2c(c(OCC)c1OCC)C(=O)OC2C1c2cc(OC)c(OC)cc2CCN1C. The Morgan fingerprint density at radius 3 is 2.20 bits per heavy atom. The molecule has 2 heterocycles. The third-order valence-corrected chi connectivity index (χ3v) is 6.49. The Hall–Kier alpha value is -3.33. The summed E-state index contributed by atoms with van der Waals surface area (Å²) < 4.78 is 34.8. The number of carbonyl (C=O) groups excluding carboxylic acids is 1. The molecule has 2 aliphatic rings. The largest absolute Gasteiger partial charge is 0.493 e. The topological polar surface area (TPSA) is 102 Å². The summed E-state index contributed by atoms with van der Waals surface area (Å²) in [6.07, 6.45) is 0.150. The zero-order chi connectivity index (χ0) is 25.3. The van der Waals surface area contributed by atoms with Gasteiger partial charge in [-0.25, -0.2) is 4.79 Å². The molecule has 0 fully saturated rings. The van der Waals surface area contributed by atoms with Crippen LogP contribution in [0.25, 0.3) is 0 Å². The number of hydrogen-bond donors (Lipinski definition) is 1. The summed E-state index contributed by atoms with van der Waals surface area (Å²) in [7, 11) is 5.23. The van der Waals surface area contributed by atoms with Crippen molar-refractivity contribution in [1.82, 2.24) is 4.90 Å². The summed E-state index contributed by atoms with van der Waals surface area (Å²) in [5, 5.41) is 0. The second kappa shape index (κ2) is 10.1. The number of carbonyl (C=O) groups is 1. The zero-order valence-electron chi connectivity index (χ0n) is 21.2. The van der Waals surface area contributed by atoms with Gasteiger partial charge in [0.2, 0.25) is 5.75 Å². The Morgan fingerprint density at radius 1 is 0.971 bits per heavy atom. The van der Waals surface area contributed by atoms with E-state index in [0.29, 0.717) is 65.4 Å². The van der Waals surface area contributed by atoms with Crippen molar-refractivity contribution in [3.8, 4) is 28.7 Å². The quantitative estimate of drug-likeness (QED) is 0.417. The van der Waals surface area contributed by atoms with Crippen LogP contribution in [0.5, 0.6) is 28.7 Å². The number of likely N-dealkylation sites (N-methyl/N-ethyl adjacent to an activating group) is 1. The van der Waals surface area contributed by atoms with E-state index in [1.165, 1.54) is 0 Å². The molecule has 2 N–H and O–H groups in total. The molecule has 0 saturated heterocycles. The number of rotatable bonds is 9. The molecule has 0 aliphatic carbocycles. The van der Waals surface area contributed by atoms with Gasteiger partial charge in [0, 0.05) is 12.1 Å². The molecular formula is C26H34N2O7. The molecule has 0 bridgehead atoms. The van der Waals surface area contributed by atoms with Gasteiger partial charge >= 0.3 is 5.97 Å². The Balaban J connectivity index is 1.95. The second-order valence-electron chi connectivity index (χ2n) is 8.40. The monoisotopic (exact) mass is 486 g/mol. The Labute approximate surface area is 206 Å². The van der Waals surface area contributed by atoms with E-state index in [2.05, 4.69) is 4.90 Å². The van der Waals surface area contributed by atoms with E-state index in [4.69, 9.17) is 34.2 Å². The molecule has 35 heavy (non-hydrogen) atoms. The number of anilines is 1. The lowest BCUT2D eigenvalue weighted by atomic mass is 9.85. The van der Waals surface area contributed by atoms with Crippen LogP contribution in [0.1, 0.15) is 60.0 Å². The van der Waals surface area contributed by atoms with Crippen LogP contribution in [0.15, 0.2) is 12.1 Å². The van der Waals surface area contributed by atoms with Crippen LogP contribution in [0, 0.1) is 0 Å². The van der Waals surface area contributed by atoms with Crippen LogP contribution in [-0.4, -0.2) is 58.5 Å². The number of benzene rings is 2. The number of esters is 1. The summed E-state index contributed by atoms with van der Waals surface area (Å²) in [5.41, 5.74) is 9.96. The summed E-state index contributed by atoms with van der Waals surface area (Å²) in [5.74, 6) is 1.78. The van der Waals surface area contributed by atoms with Gasteiger partial charge in [-0.1, -0.05) is 0 Å². The molecule has 190 valence electrons. The predicted molar refractivity (Wildman–Crippen MR) is 131 cm³/mol. The second-order valence-corrected chi connectivity index (χ2v) is 8.40. The number of nitrogens with two attached hydrogens (primary N) is 1. The zero-order valence-corrected chi connectivity index (χ0v) is 21.2. The molecule has 2 atom stereocenters. The summed E-state index contributed by atoms with van der Waals surface area (Å²) in [4.78, 5) is 15.5. The summed E-state index contributed by atoms with van der Waals surface area (Å²) in [6.45, 7) is 7.40. The van der Waals surface area contributed by atoms with Gasteiger partial charge in [-0.05, 0) is 57.5 Å². The number of ether oxygens (including phenoxy) is 6. The van der Waals surface area contributed by atoms with Gasteiger partial charge in [-0.3, -0.25) is 4.90 Å². The third-order valence-electron chi connectivity index (χ3n) is 6.49. The minimum atomic E-state index is -0.672. The van der Waals surface area contributed by atoms with Crippen LogP contribution < -0.4 is 29.4 Å². The minimum Gasteiger partial charge on any atom is -0.493 e. The highest BCUT2D eigenvalue weighted by Gasteiger charge is 2.47. The van der Waals surface area contributed by atoms with Gasteiger partial charge in [-0.15, -0.1) is 0 Å². The van der Waals surface area contributed by atoms with Crippen molar-refractivity contribution in [2.24, 2.45) is 0 Å². The van der Waals surface area contributed by atoms with Crippen molar-refractivity contribution < 1.29 is 33.2 Å². The standard InChI is InChI=1S/C26H34N2O7/c1-7-32-23-19-18(20(27)24(33-8-2)25(23)34-9-3)22(35-26(19)29)21-15-13-17(31-6)16(30-5)12-14(15)10-11-28(21)4/h12-13,21-22H,7-11,27H2,1-6H3. The molecule has 2 aromatic rings. The maximum atomic E-state index is 13.3. The highest BCUT2D eigenvalue weighted by molar-refractivity contribution is 6.01. The van der Waals surface area contributed by atoms with E-state index in [1.54, 1.807) is 14.2 Å². The average Bonchev–Trinajstić information content (AvgIpc) is 3.19. The average molecular weight is 487 g/mol. The maximum Gasteiger partial charge on any atom is 0.343 e. The molecule has 0 radical (unpaired) electrons. The van der Waals surface area contributed by atoms with E-state index in [-0.39, 0.29) is 6.04 Å². The molecule has 0 amide bonds. The van der Waals surface area contributed by atoms with E-state index < -0.39 is 12.1 Å². The van der Waals surface area contributed by atoms with E-state index in [0.717, 1.165) is 24.1 Å². The fourth-order valence-corrected chi connectivity index (χ4v) is 5.01. The van der Waals surface area contributed by atoms with E-state index in [1.807, 2.05) is 40.0 Å². The van der Waals surface area contributed by atoms with Crippen LogP contribution in [0.3, 0.4) is 0 Å². The van der Waals surface area contributed by atoms with E-state index >= 15 is 0 Å². The fourth-order valence-electron chi connectivity index (χ4n) is 5.01. The molecule has 0 saturated carbocycles. The molecule has 4 rings (SSSR count). The Morgan fingerprint density at radius 2 is 1.57 bits per heavy atom. The van der Waals surface area contributed by atoms with Gasteiger partial charge in [0.05, 0.1) is 45.8 Å². The maximum absolute atomic E-state index is 13.3. The molecule has 2 unspecified atom stereocenters. The summed E-state index contributed by atoms with van der Waals surface area (Å²) >= 11 is 0. The number of methoxy groups -OCH3 is 2. The van der Waals surface area contributed by atoms with Crippen molar-refractivity contribution in [1.29, 1.82) is 0 Å². The normalized spacial score (nSPS) is 19.0. The Bertz CT molecular complexity index is 1120. The molecule has 0 spiro atoms. The van der Waals surface area contributed by atoms with Gasteiger partial charge in [-0.2, -0.15) is 0 Å². The lowest BCUT2D eigenvalue weighted by Gasteiger charge is -2.38. The molecule has 2 aromatic carbocycles. The number of cyclic esters (lactones) is 1. The minimum absolute atomic E-state index is 0.294. The molecule has 9 nitrogen and oxygen atoms in total. The highest BCUT2D eigenvalue weighted by atomic mass is 16.6. The van der Waals surface area contributed by atoms with Crippen LogP contribution in [0.2, 0.25) is 0 Å². The van der Waals surface area contributed by atoms with Gasteiger partial charge in [0.15, 0.2) is 23.0 Å². The predicted octanol–water partition coefficient (Wildman–Crippen LogP) is 3.92. The van der Waals surface area contributed by atoms with Gasteiger partial charge < -0.3 is 34.2 Å². The molecular weight excluding hydrogens is 452 g/mol. The van der Waals surface area contributed by atoms with Gasteiger partial charge in [0.25, 0.3) is 0 Å². The number of nitrogen functional groups attached to an aromatic ring is 1. The summed E-state index contributed by atoms with van der Waals surface area (Å²) in [6, 6.07) is 3.65. The highest BCUT2D eigenvalue weighted by Crippen LogP contribution is 2.56.